The van der Waals surface area contributed by atoms with Crippen LogP contribution in [0.1, 0.15) is 33.6 Å². The molecule has 0 amide bonds. The van der Waals surface area contributed by atoms with Crippen molar-refractivity contribution in [2.45, 2.75) is 39.7 Å². The number of benzene rings is 1. The monoisotopic (exact) mass is 248 g/mol. The molecule has 100 valence electrons. The maximum absolute atomic E-state index is 5.96. The van der Waals surface area contributed by atoms with E-state index in [1.807, 2.05) is 26.0 Å². The molecule has 0 unspecified atom stereocenters. The Morgan fingerprint density at radius 3 is 2.50 bits per heavy atom. The van der Waals surface area contributed by atoms with Gasteiger partial charge in [-0.25, -0.2) is 0 Å². The normalized spacial score (nSPS) is 17.2. The third kappa shape index (κ3) is 3.31. The van der Waals surface area contributed by atoms with Gasteiger partial charge in [0.15, 0.2) is 0 Å². The van der Waals surface area contributed by atoms with Gasteiger partial charge in [-0.3, -0.25) is 0 Å². The van der Waals surface area contributed by atoms with Crippen molar-refractivity contribution in [1.29, 1.82) is 0 Å². The Morgan fingerprint density at radius 1 is 1.22 bits per heavy atom. The van der Waals surface area contributed by atoms with E-state index in [1.54, 1.807) is 0 Å². The molecule has 3 nitrogen and oxygen atoms in total. The summed E-state index contributed by atoms with van der Waals surface area (Å²) in [5.74, 6) is 1.72. The molecule has 1 heterocycles. The van der Waals surface area contributed by atoms with E-state index in [9.17, 15) is 0 Å². The summed E-state index contributed by atoms with van der Waals surface area (Å²) in [6.07, 6.45) is 2.70. The number of hydrogen-bond acceptors (Lipinski definition) is 3. The summed E-state index contributed by atoms with van der Waals surface area (Å²) in [6, 6.07) is 6.05. The maximum Gasteiger partial charge on any atom is 0.123 e. The Morgan fingerprint density at radius 2 is 1.89 bits per heavy atom. The number of hydrogen-bond donors (Lipinski definition) is 1. The largest absolute Gasteiger partial charge is 0.491 e. The quantitative estimate of drug-likeness (QED) is 0.834. The Kier molecular flexibility index (Phi) is 4.00. The van der Waals surface area contributed by atoms with Crippen LogP contribution < -0.4 is 15.4 Å². The summed E-state index contributed by atoms with van der Waals surface area (Å²) in [7, 11) is 0. The molecule has 1 aliphatic rings. The molecule has 1 saturated heterocycles. The molecule has 1 aliphatic heterocycles. The van der Waals surface area contributed by atoms with E-state index < -0.39 is 0 Å². The van der Waals surface area contributed by atoms with E-state index in [0.29, 0.717) is 0 Å². The Bertz CT molecular complexity index is 395. The molecule has 1 aromatic carbocycles. The molecule has 2 N–H and O–H groups in total. The summed E-state index contributed by atoms with van der Waals surface area (Å²) in [5.41, 5.74) is 7.93. The average Bonchev–Trinajstić information content (AvgIpc) is 2.28. The molecule has 2 rings (SSSR count). The minimum atomic E-state index is 0.182. The van der Waals surface area contributed by atoms with Gasteiger partial charge in [-0.05, 0) is 38.7 Å². The van der Waals surface area contributed by atoms with Crippen LogP contribution in [0.25, 0.3) is 0 Å². The molecule has 0 aromatic heterocycles. The molecule has 3 heteroatoms. The minimum Gasteiger partial charge on any atom is -0.491 e. The molecule has 0 atom stereocenters. The van der Waals surface area contributed by atoms with E-state index >= 15 is 0 Å². The van der Waals surface area contributed by atoms with Crippen LogP contribution in [0, 0.1) is 5.92 Å². The van der Waals surface area contributed by atoms with Gasteiger partial charge in [-0.2, -0.15) is 0 Å². The zero-order chi connectivity index (χ0) is 13.1. The van der Waals surface area contributed by atoms with E-state index in [0.717, 1.165) is 30.4 Å². The zero-order valence-corrected chi connectivity index (χ0v) is 11.6. The highest BCUT2D eigenvalue weighted by Crippen LogP contribution is 2.29. The number of nitrogen functional groups attached to an aromatic ring is 1. The molecule has 0 spiro atoms. The molecular formula is C15H24N2O. The lowest BCUT2D eigenvalue weighted by molar-refractivity contribution is 0.242. The third-order valence-corrected chi connectivity index (χ3v) is 3.43. The summed E-state index contributed by atoms with van der Waals surface area (Å²) in [6.45, 7) is 8.62. The van der Waals surface area contributed by atoms with Gasteiger partial charge in [0.2, 0.25) is 0 Å². The van der Waals surface area contributed by atoms with Crippen molar-refractivity contribution in [3.63, 3.8) is 0 Å². The highest BCUT2D eigenvalue weighted by atomic mass is 16.5. The second-order valence-electron chi connectivity index (χ2n) is 5.60. The van der Waals surface area contributed by atoms with Gasteiger partial charge in [0.1, 0.15) is 5.75 Å². The Balaban J connectivity index is 2.14. The zero-order valence-electron chi connectivity index (χ0n) is 11.6. The number of anilines is 2. The molecular weight excluding hydrogens is 224 g/mol. The number of nitrogens with two attached hydrogens (primary N) is 1. The lowest BCUT2D eigenvalue weighted by atomic mass is 9.99. The number of rotatable bonds is 3. The number of ether oxygens (including phenoxy) is 1. The SMILES string of the molecule is CC1CCN(c2cc(N)cc(OC(C)C)c2)CC1. The summed E-state index contributed by atoms with van der Waals surface area (Å²) < 4.78 is 5.74. The first kappa shape index (κ1) is 13.1. The minimum absolute atomic E-state index is 0.182. The van der Waals surface area contributed by atoms with E-state index in [4.69, 9.17) is 10.5 Å². The Labute approximate surface area is 110 Å². The van der Waals surface area contributed by atoms with Gasteiger partial charge in [0.25, 0.3) is 0 Å². The highest BCUT2D eigenvalue weighted by Gasteiger charge is 2.17. The average molecular weight is 248 g/mol. The van der Waals surface area contributed by atoms with Crippen LogP contribution >= 0.6 is 0 Å². The first-order chi connectivity index (χ1) is 8.54. The van der Waals surface area contributed by atoms with Gasteiger partial charge in [0.05, 0.1) is 6.10 Å². The van der Waals surface area contributed by atoms with Crippen molar-refractivity contribution in [3.8, 4) is 5.75 Å². The predicted molar refractivity (Wildman–Crippen MR) is 77.2 cm³/mol. The van der Waals surface area contributed by atoms with Gasteiger partial charge in [0, 0.05) is 36.6 Å². The fourth-order valence-electron chi connectivity index (χ4n) is 2.40. The molecule has 1 fully saturated rings. The van der Waals surface area contributed by atoms with Crippen LogP contribution in [0.15, 0.2) is 18.2 Å². The fraction of sp³-hybridized carbons (Fsp3) is 0.600. The lowest BCUT2D eigenvalue weighted by Gasteiger charge is -2.32. The van der Waals surface area contributed by atoms with E-state index in [-0.39, 0.29) is 6.10 Å². The highest BCUT2D eigenvalue weighted by molar-refractivity contribution is 5.60. The van der Waals surface area contributed by atoms with Gasteiger partial charge in [-0.15, -0.1) is 0 Å². The van der Waals surface area contributed by atoms with Crippen LogP contribution in [-0.4, -0.2) is 19.2 Å². The summed E-state index contributed by atoms with van der Waals surface area (Å²) >= 11 is 0. The maximum atomic E-state index is 5.96. The van der Waals surface area contributed by atoms with Crippen LogP contribution in [0.2, 0.25) is 0 Å². The molecule has 0 saturated carbocycles. The van der Waals surface area contributed by atoms with Gasteiger partial charge < -0.3 is 15.4 Å². The second kappa shape index (κ2) is 5.51. The summed E-state index contributed by atoms with van der Waals surface area (Å²) in [5, 5.41) is 0. The molecule has 0 radical (unpaired) electrons. The predicted octanol–water partition coefficient (Wildman–Crippen LogP) is 3.29. The third-order valence-electron chi connectivity index (χ3n) is 3.43. The van der Waals surface area contributed by atoms with Crippen LogP contribution in [0.3, 0.4) is 0 Å². The topological polar surface area (TPSA) is 38.5 Å². The van der Waals surface area contributed by atoms with Crippen molar-refractivity contribution in [2.75, 3.05) is 23.7 Å². The first-order valence-corrected chi connectivity index (χ1v) is 6.87. The number of nitrogens with zero attached hydrogens (tertiary/aromatic N) is 1. The van der Waals surface area contributed by atoms with Crippen LogP contribution in [0.5, 0.6) is 5.75 Å². The van der Waals surface area contributed by atoms with E-state index in [2.05, 4.69) is 17.9 Å². The van der Waals surface area contributed by atoms with Crippen molar-refractivity contribution in [1.82, 2.24) is 0 Å². The fourth-order valence-corrected chi connectivity index (χ4v) is 2.40. The van der Waals surface area contributed by atoms with Gasteiger partial charge in [-0.1, -0.05) is 6.92 Å². The molecule has 0 bridgehead atoms. The summed E-state index contributed by atoms with van der Waals surface area (Å²) in [4.78, 5) is 2.41. The van der Waals surface area contributed by atoms with Gasteiger partial charge >= 0.3 is 0 Å². The van der Waals surface area contributed by atoms with Crippen LogP contribution in [0.4, 0.5) is 11.4 Å². The Hall–Kier alpha value is -1.38. The molecule has 0 aliphatic carbocycles. The van der Waals surface area contributed by atoms with Crippen molar-refractivity contribution < 1.29 is 4.74 Å². The smallest absolute Gasteiger partial charge is 0.123 e. The molecule has 18 heavy (non-hydrogen) atoms. The molecule has 1 aromatic rings. The van der Waals surface area contributed by atoms with Crippen molar-refractivity contribution in [3.05, 3.63) is 18.2 Å². The van der Waals surface area contributed by atoms with E-state index in [1.165, 1.54) is 18.5 Å². The first-order valence-electron chi connectivity index (χ1n) is 6.87. The van der Waals surface area contributed by atoms with Crippen molar-refractivity contribution >= 4 is 11.4 Å². The van der Waals surface area contributed by atoms with Crippen LogP contribution in [-0.2, 0) is 0 Å². The standard InChI is InChI=1S/C15H24N2O/c1-11(2)18-15-9-13(16)8-14(10-15)17-6-4-12(3)5-7-17/h8-12H,4-7,16H2,1-3H3. The number of piperidine rings is 1. The second-order valence-corrected chi connectivity index (χ2v) is 5.60. The van der Waals surface area contributed by atoms with Crippen molar-refractivity contribution in [2.24, 2.45) is 5.92 Å². The lowest BCUT2D eigenvalue weighted by Crippen LogP contribution is -2.32.